The Morgan fingerprint density at radius 1 is 1.41 bits per heavy atom. The van der Waals surface area contributed by atoms with Crippen LogP contribution < -0.4 is 0 Å². The van der Waals surface area contributed by atoms with Crippen LogP contribution in [0.4, 0.5) is 0 Å². The number of aliphatic hydroxyl groups excluding tert-OH is 1. The molecule has 0 fully saturated rings. The maximum Gasteiger partial charge on any atom is 0.255 e. The van der Waals surface area contributed by atoms with E-state index < -0.39 is 0 Å². The van der Waals surface area contributed by atoms with Crippen LogP contribution in [0.15, 0.2) is 18.2 Å². The normalized spacial score (nSPS) is 10.4. The van der Waals surface area contributed by atoms with E-state index in [1.165, 1.54) is 0 Å². The first kappa shape index (κ1) is 14.3. The molecule has 1 amide bonds. The molecule has 5 heteroatoms. The summed E-state index contributed by atoms with van der Waals surface area (Å²) in [4.78, 5) is 13.8. The van der Waals surface area contributed by atoms with Gasteiger partial charge in [-0.05, 0) is 31.5 Å². The zero-order chi connectivity index (χ0) is 12.8. The van der Waals surface area contributed by atoms with Crippen molar-refractivity contribution < 1.29 is 9.90 Å². The molecule has 0 radical (unpaired) electrons. The van der Waals surface area contributed by atoms with Gasteiger partial charge in [-0.3, -0.25) is 4.79 Å². The highest BCUT2D eigenvalue weighted by atomic mass is 35.5. The van der Waals surface area contributed by atoms with E-state index in [1.807, 2.05) is 6.92 Å². The number of aliphatic hydroxyl groups is 1. The summed E-state index contributed by atoms with van der Waals surface area (Å²) in [6.07, 6.45) is 0.553. The summed E-state index contributed by atoms with van der Waals surface area (Å²) in [5.41, 5.74) is 0.402. The summed E-state index contributed by atoms with van der Waals surface area (Å²) < 4.78 is 0. The summed E-state index contributed by atoms with van der Waals surface area (Å²) in [6.45, 7) is 3.02. The minimum absolute atomic E-state index is 0.0626. The third-order valence-corrected chi connectivity index (χ3v) is 2.98. The van der Waals surface area contributed by atoms with Crippen molar-refractivity contribution in [1.82, 2.24) is 4.90 Å². The first-order valence-electron chi connectivity index (χ1n) is 5.45. The van der Waals surface area contributed by atoms with Gasteiger partial charge in [0.25, 0.3) is 5.91 Å². The molecule has 1 aromatic carbocycles. The van der Waals surface area contributed by atoms with E-state index in [4.69, 9.17) is 28.3 Å². The van der Waals surface area contributed by atoms with Crippen molar-refractivity contribution in [3.05, 3.63) is 33.8 Å². The van der Waals surface area contributed by atoms with Crippen LogP contribution in [-0.4, -0.2) is 35.6 Å². The van der Waals surface area contributed by atoms with Crippen molar-refractivity contribution in [1.29, 1.82) is 0 Å². The molecule has 0 atom stereocenters. The zero-order valence-corrected chi connectivity index (χ0v) is 11.1. The molecule has 0 spiro atoms. The van der Waals surface area contributed by atoms with E-state index in [0.29, 0.717) is 35.1 Å². The molecule has 0 saturated carbocycles. The third kappa shape index (κ3) is 3.87. The number of nitrogens with zero attached hydrogens (tertiary/aromatic N) is 1. The first-order chi connectivity index (χ1) is 8.10. The molecule has 0 bridgehead atoms. The van der Waals surface area contributed by atoms with Gasteiger partial charge in [0, 0.05) is 24.7 Å². The second kappa shape index (κ2) is 6.84. The van der Waals surface area contributed by atoms with Gasteiger partial charge in [0.1, 0.15) is 0 Å². The number of carbonyl (C=O) groups is 1. The minimum atomic E-state index is -0.159. The van der Waals surface area contributed by atoms with E-state index in [9.17, 15) is 4.79 Å². The van der Waals surface area contributed by atoms with Gasteiger partial charge in [0.15, 0.2) is 0 Å². The summed E-state index contributed by atoms with van der Waals surface area (Å²) in [7, 11) is 0. The molecule has 1 N–H and O–H groups in total. The Labute approximate surface area is 111 Å². The van der Waals surface area contributed by atoms with Gasteiger partial charge in [-0.1, -0.05) is 23.2 Å². The molecule has 94 valence electrons. The van der Waals surface area contributed by atoms with Crippen molar-refractivity contribution >= 4 is 29.1 Å². The van der Waals surface area contributed by atoms with Crippen LogP contribution in [-0.2, 0) is 0 Å². The fraction of sp³-hybridized carbons (Fsp3) is 0.417. The Morgan fingerprint density at radius 3 is 2.71 bits per heavy atom. The number of hydrogen-bond acceptors (Lipinski definition) is 2. The molecule has 0 aliphatic heterocycles. The molecule has 0 aliphatic rings. The largest absolute Gasteiger partial charge is 0.396 e. The molecule has 3 nitrogen and oxygen atoms in total. The van der Waals surface area contributed by atoms with E-state index in [0.717, 1.165) is 0 Å². The monoisotopic (exact) mass is 275 g/mol. The van der Waals surface area contributed by atoms with Crippen LogP contribution in [0.1, 0.15) is 23.7 Å². The fourth-order valence-corrected chi connectivity index (χ4v) is 1.87. The molecule has 0 aromatic heterocycles. The minimum Gasteiger partial charge on any atom is -0.396 e. The fourth-order valence-electron chi connectivity index (χ4n) is 1.50. The van der Waals surface area contributed by atoms with Crippen LogP contribution in [0.2, 0.25) is 10.0 Å². The SMILES string of the molecule is CCN(CCCO)C(=O)c1cc(Cl)ccc1Cl. The molecule has 0 aliphatic carbocycles. The van der Waals surface area contributed by atoms with Crippen LogP contribution >= 0.6 is 23.2 Å². The lowest BCUT2D eigenvalue weighted by Crippen LogP contribution is -2.32. The number of carbonyl (C=O) groups excluding carboxylic acids is 1. The quantitative estimate of drug-likeness (QED) is 0.898. The molecular weight excluding hydrogens is 261 g/mol. The Balaban J connectivity index is 2.89. The Bertz CT molecular complexity index is 396. The average Bonchev–Trinajstić information content (AvgIpc) is 2.33. The Hall–Kier alpha value is -0.770. The predicted molar refractivity (Wildman–Crippen MR) is 69.7 cm³/mol. The van der Waals surface area contributed by atoms with Crippen molar-refractivity contribution in [2.45, 2.75) is 13.3 Å². The van der Waals surface area contributed by atoms with Crippen molar-refractivity contribution in [2.24, 2.45) is 0 Å². The lowest BCUT2D eigenvalue weighted by atomic mass is 10.2. The smallest absolute Gasteiger partial charge is 0.255 e. The van der Waals surface area contributed by atoms with Gasteiger partial charge >= 0.3 is 0 Å². The lowest BCUT2D eigenvalue weighted by Gasteiger charge is -2.21. The second-order valence-electron chi connectivity index (χ2n) is 3.59. The van der Waals surface area contributed by atoms with E-state index in [1.54, 1.807) is 23.1 Å². The topological polar surface area (TPSA) is 40.5 Å². The summed E-state index contributed by atoms with van der Waals surface area (Å²) in [5, 5.41) is 9.65. The van der Waals surface area contributed by atoms with Gasteiger partial charge in [0.05, 0.1) is 10.6 Å². The number of rotatable bonds is 5. The predicted octanol–water partition coefficient (Wildman–Crippen LogP) is 2.84. The van der Waals surface area contributed by atoms with Gasteiger partial charge in [-0.25, -0.2) is 0 Å². The highest BCUT2D eigenvalue weighted by molar-refractivity contribution is 6.35. The van der Waals surface area contributed by atoms with Crippen LogP contribution in [0, 0.1) is 0 Å². The van der Waals surface area contributed by atoms with Gasteiger partial charge in [-0.15, -0.1) is 0 Å². The lowest BCUT2D eigenvalue weighted by molar-refractivity contribution is 0.0754. The van der Waals surface area contributed by atoms with Crippen LogP contribution in [0.3, 0.4) is 0 Å². The third-order valence-electron chi connectivity index (χ3n) is 2.41. The molecule has 1 aromatic rings. The Kier molecular flexibility index (Phi) is 5.75. The number of benzene rings is 1. The molecule has 0 unspecified atom stereocenters. The van der Waals surface area contributed by atoms with Gasteiger partial charge in [-0.2, -0.15) is 0 Å². The van der Waals surface area contributed by atoms with Crippen molar-refractivity contribution in [3.63, 3.8) is 0 Å². The second-order valence-corrected chi connectivity index (χ2v) is 4.43. The summed E-state index contributed by atoms with van der Waals surface area (Å²) in [6, 6.07) is 4.81. The standard InChI is InChI=1S/C12H15Cl2NO2/c1-2-15(6-3-7-16)12(17)10-8-9(13)4-5-11(10)14/h4-5,8,16H,2-3,6-7H2,1H3. The molecule has 1 rings (SSSR count). The molecule has 17 heavy (non-hydrogen) atoms. The van der Waals surface area contributed by atoms with E-state index >= 15 is 0 Å². The first-order valence-corrected chi connectivity index (χ1v) is 6.21. The maximum atomic E-state index is 12.2. The highest BCUT2D eigenvalue weighted by Crippen LogP contribution is 2.22. The number of amides is 1. The van der Waals surface area contributed by atoms with Gasteiger partial charge < -0.3 is 10.0 Å². The van der Waals surface area contributed by atoms with Crippen molar-refractivity contribution in [2.75, 3.05) is 19.7 Å². The van der Waals surface area contributed by atoms with Crippen LogP contribution in [0.5, 0.6) is 0 Å². The molecule has 0 heterocycles. The zero-order valence-electron chi connectivity index (χ0n) is 9.62. The maximum absolute atomic E-state index is 12.2. The number of halogens is 2. The van der Waals surface area contributed by atoms with Gasteiger partial charge in [0.2, 0.25) is 0 Å². The summed E-state index contributed by atoms with van der Waals surface area (Å²) >= 11 is 11.8. The molecule has 0 saturated heterocycles. The Morgan fingerprint density at radius 2 is 2.12 bits per heavy atom. The van der Waals surface area contributed by atoms with E-state index in [2.05, 4.69) is 0 Å². The van der Waals surface area contributed by atoms with Crippen LogP contribution in [0.25, 0.3) is 0 Å². The average molecular weight is 276 g/mol. The van der Waals surface area contributed by atoms with Crippen molar-refractivity contribution in [3.8, 4) is 0 Å². The highest BCUT2D eigenvalue weighted by Gasteiger charge is 2.17. The summed E-state index contributed by atoms with van der Waals surface area (Å²) in [5.74, 6) is -0.159. The van der Waals surface area contributed by atoms with E-state index in [-0.39, 0.29) is 12.5 Å². The number of hydrogen-bond donors (Lipinski definition) is 1. The molecular formula is C12H15Cl2NO2.